The van der Waals surface area contributed by atoms with Crippen LogP contribution in [0.5, 0.6) is 0 Å². The summed E-state index contributed by atoms with van der Waals surface area (Å²) in [6.07, 6.45) is -0.0281. The van der Waals surface area contributed by atoms with Crippen LogP contribution >= 0.6 is 11.8 Å². The maximum absolute atomic E-state index is 12.5. The monoisotopic (exact) mass is 351 g/mol. The number of carboxylic acids is 1. The molecule has 2 amide bonds. The van der Waals surface area contributed by atoms with Crippen molar-refractivity contribution in [3.63, 3.8) is 0 Å². The molecular formula is C16H17NO6S. The van der Waals surface area contributed by atoms with Crippen LogP contribution in [0.2, 0.25) is 0 Å². The number of hydrogen-bond donors (Lipinski definition) is 1. The molecule has 8 heteroatoms. The number of nitrogens with zero attached hydrogens (tertiary/aromatic N) is 1. The van der Waals surface area contributed by atoms with Gasteiger partial charge in [0.1, 0.15) is 0 Å². The van der Waals surface area contributed by atoms with E-state index < -0.39 is 29.0 Å². The van der Waals surface area contributed by atoms with Gasteiger partial charge < -0.3 is 9.84 Å². The SMILES string of the molecule is CCOC(=O)CSC1CC(=O)N(c2cc(C(=O)O)ccc2C)C1=O. The molecule has 1 aliphatic heterocycles. The van der Waals surface area contributed by atoms with Gasteiger partial charge in [0.05, 0.1) is 28.9 Å². The molecule has 1 aromatic carbocycles. The van der Waals surface area contributed by atoms with E-state index in [2.05, 4.69) is 0 Å². The predicted molar refractivity (Wildman–Crippen MR) is 88.1 cm³/mol. The third kappa shape index (κ3) is 3.76. The minimum Gasteiger partial charge on any atom is -0.478 e. The van der Waals surface area contributed by atoms with Gasteiger partial charge in [-0.25, -0.2) is 9.69 Å². The minimum atomic E-state index is -1.14. The second-order valence-corrected chi connectivity index (χ2v) is 6.37. The number of carbonyl (C=O) groups is 4. The Morgan fingerprint density at radius 2 is 2.08 bits per heavy atom. The standard InChI is InChI=1S/C16H17NO6S/c1-3-23-14(19)8-24-12-7-13(18)17(15(12)20)11-6-10(16(21)22)5-4-9(11)2/h4-6,12H,3,7-8H2,1-2H3,(H,21,22). The lowest BCUT2D eigenvalue weighted by Crippen LogP contribution is -2.32. The molecule has 1 aromatic rings. The van der Waals surface area contributed by atoms with Gasteiger partial charge in [-0.05, 0) is 31.5 Å². The normalized spacial score (nSPS) is 17.2. The summed E-state index contributed by atoms with van der Waals surface area (Å²) in [6.45, 7) is 3.64. The minimum absolute atomic E-state index is 0.00109. The number of hydrogen-bond acceptors (Lipinski definition) is 6. The highest BCUT2D eigenvalue weighted by molar-refractivity contribution is 8.01. The summed E-state index contributed by atoms with van der Waals surface area (Å²) in [5.74, 6) is -2.44. The highest BCUT2D eigenvalue weighted by Gasteiger charge is 2.40. The fourth-order valence-electron chi connectivity index (χ4n) is 2.34. The van der Waals surface area contributed by atoms with Gasteiger partial charge in [0.2, 0.25) is 11.8 Å². The number of esters is 1. The Labute approximate surface area is 143 Å². The lowest BCUT2D eigenvalue weighted by atomic mass is 10.1. The van der Waals surface area contributed by atoms with Crippen molar-refractivity contribution in [3.05, 3.63) is 29.3 Å². The number of ether oxygens (including phenoxy) is 1. The average molecular weight is 351 g/mol. The van der Waals surface area contributed by atoms with Crippen molar-refractivity contribution >= 4 is 41.2 Å². The van der Waals surface area contributed by atoms with Crippen LogP contribution in [0.1, 0.15) is 29.3 Å². The van der Waals surface area contributed by atoms with Crippen LogP contribution in [0.4, 0.5) is 5.69 Å². The van der Waals surface area contributed by atoms with Gasteiger partial charge in [-0.3, -0.25) is 14.4 Å². The Morgan fingerprint density at radius 1 is 1.38 bits per heavy atom. The second-order valence-electron chi connectivity index (χ2n) is 5.18. The number of aryl methyl sites for hydroxylation is 1. The molecular weight excluding hydrogens is 334 g/mol. The van der Waals surface area contributed by atoms with Crippen molar-refractivity contribution < 1.29 is 29.0 Å². The summed E-state index contributed by atoms with van der Waals surface area (Å²) < 4.78 is 4.80. The van der Waals surface area contributed by atoms with Gasteiger partial charge in [0.15, 0.2) is 0 Å². The van der Waals surface area contributed by atoms with Gasteiger partial charge in [-0.15, -0.1) is 11.8 Å². The van der Waals surface area contributed by atoms with Gasteiger partial charge in [-0.2, -0.15) is 0 Å². The molecule has 1 heterocycles. The number of benzene rings is 1. The molecule has 128 valence electrons. The molecule has 1 unspecified atom stereocenters. The lowest BCUT2D eigenvalue weighted by Gasteiger charge is -2.18. The average Bonchev–Trinajstić information content (AvgIpc) is 2.80. The van der Waals surface area contributed by atoms with Crippen LogP contribution in [-0.4, -0.2) is 46.5 Å². The van der Waals surface area contributed by atoms with E-state index >= 15 is 0 Å². The summed E-state index contributed by atoms with van der Waals surface area (Å²) in [6, 6.07) is 4.28. The Hall–Kier alpha value is -2.35. The number of thioether (sulfide) groups is 1. The Balaban J connectivity index is 2.19. The van der Waals surface area contributed by atoms with E-state index in [1.807, 2.05) is 0 Å². The van der Waals surface area contributed by atoms with Crippen molar-refractivity contribution in [2.24, 2.45) is 0 Å². The number of imide groups is 1. The molecule has 7 nitrogen and oxygen atoms in total. The van der Waals surface area contributed by atoms with Gasteiger partial charge in [0, 0.05) is 6.42 Å². The zero-order valence-corrected chi connectivity index (χ0v) is 14.1. The summed E-state index contributed by atoms with van der Waals surface area (Å²) in [7, 11) is 0. The molecule has 0 bridgehead atoms. The summed E-state index contributed by atoms with van der Waals surface area (Å²) in [5, 5.41) is 8.41. The first-order valence-electron chi connectivity index (χ1n) is 7.33. The van der Waals surface area contributed by atoms with E-state index in [1.54, 1.807) is 19.9 Å². The molecule has 0 spiro atoms. The fraction of sp³-hybridized carbons (Fsp3) is 0.375. The molecule has 2 rings (SSSR count). The Bertz CT molecular complexity index is 702. The van der Waals surface area contributed by atoms with Gasteiger partial charge in [-0.1, -0.05) is 6.07 Å². The predicted octanol–water partition coefficient (Wildman–Crippen LogP) is 1.62. The fourth-order valence-corrected chi connectivity index (χ4v) is 3.27. The summed E-state index contributed by atoms with van der Waals surface area (Å²) in [5.41, 5.74) is 0.890. The second kappa shape index (κ2) is 7.48. The van der Waals surface area contributed by atoms with Crippen molar-refractivity contribution in [1.29, 1.82) is 0 Å². The molecule has 1 aliphatic rings. The van der Waals surface area contributed by atoms with E-state index in [0.29, 0.717) is 5.56 Å². The molecule has 1 saturated heterocycles. The van der Waals surface area contributed by atoms with E-state index in [4.69, 9.17) is 9.84 Å². The number of carboxylic acid groups (broad SMARTS) is 1. The van der Waals surface area contributed by atoms with Crippen molar-refractivity contribution in [2.75, 3.05) is 17.3 Å². The van der Waals surface area contributed by atoms with Gasteiger partial charge >= 0.3 is 11.9 Å². The maximum Gasteiger partial charge on any atom is 0.335 e. The molecule has 0 aliphatic carbocycles. The van der Waals surface area contributed by atoms with Crippen LogP contribution in [0.25, 0.3) is 0 Å². The molecule has 0 radical (unpaired) electrons. The smallest absolute Gasteiger partial charge is 0.335 e. The zero-order chi connectivity index (χ0) is 17.9. The zero-order valence-electron chi connectivity index (χ0n) is 13.3. The van der Waals surface area contributed by atoms with Crippen LogP contribution in [0, 0.1) is 6.92 Å². The summed E-state index contributed by atoms with van der Waals surface area (Å²) >= 11 is 1.06. The molecule has 24 heavy (non-hydrogen) atoms. The van der Waals surface area contributed by atoms with E-state index in [-0.39, 0.29) is 30.0 Å². The lowest BCUT2D eigenvalue weighted by molar-refractivity contribution is -0.139. The molecule has 1 atom stereocenters. The quantitative estimate of drug-likeness (QED) is 0.614. The van der Waals surface area contributed by atoms with Crippen molar-refractivity contribution in [2.45, 2.75) is 25.5 Å². The first-order chi connectivity index (χ1) is 11.3. The number of rotatable bonds is 6. The Kier molecular flexibility index (Phi) is 5.61. The number of aromatic carboxylic acids is 1. The number of carbonyl (C=O) groups excluding carboxylic acids is 3. The number of anilines is 1. The molecule has 1 fully saturated rings. The topological polar surface area (TPSA) is 101 Å². The van der Waals surface area contributed by atoms with E-state index in [1.165, 1.54) is 12.1 Å². The van der Waals surface area contributed by atoms with Gasteiger partial charge in [0.25, 0.3) is 0 Å². The first kappa shape index (κ1) is 18.0. The number of amides is 2. The van der Waals surface area contributed by atoms with Crippen molar-refractivity contribution in [1.82, 2.24) is 0 Å². The first-order valence-corrected chi connectivity index (χ1v) is 8.38. The highest BCUT2D eigenvalue weighted by atomic mass is 32.2. The van der Waals surface area contributed by atoms with Crippen LogP contribution < -0.4 is 4.90 Å². The molecule has 0 saturated carbocycles. The van der Waals surface area contributed by atoms with Crippen molar-refractivity contribution in [3.8, 4) is 0 Å². The Morgan fingerprint density at radius 3 is 2.71 bits per heavy atom. The van der Waals surface area contributed by atoms with E-state index in [0.717, 1.165) is 16.7 Å². The largest absolute Gasteiger partial charge is 0.478 e. The molecule has 1 N–H and O–H groups in total. The van der Waals surface area contributed by atoms with Crippen LogP contribution in [-0.2, 0) is 19.1 Å². The van der Waals surface area contributed by atoms with Crippen LogP contribution in [0.15, 0.2) is 18.2 Å². The highest BCUT2D eigenvalue weighted by Crippen LogP contribution is 2.32. The van der Waals surface area contributed by atoms with E-state index in [9.17, 15) is 19.2 Å². The third-order valence-corrected chi connectivity index (χ3v) is 4.68. The maximum atomic E-state index is 12.5. The molecule has 0 aromatic heterocycles. The summed E-state index contributed by atoms with van der Waals surface area (Å²) in [4.78, 5) is 48.2. The third-order valence-electron chi connectivity index (χ3n) is 3.51. The van der Waals surface area contributed by atoms with Crippen LogP contribution in [0.3, 0.4) is 0 Å².